The summed E-state index contributed by atoms with van der Waals surface area (Å²) in [6.45, 7) is 0.530. The summed E-state index contributed by atoms with van der Waals surface area (Å²) >= 11 is 11.3. The van der Waals surface area contributed by atoms with Gasteiger partial charge in [-0.05, 0) is 29.8 Å². The lowest BCUT2D eigenvalue weighted by atomic mass is 10.2. The summed E-state index contributed by atoms with van der Waals surface area (Å²) < 4.78 is 5.59. The zero-order valence-corrected chi connectivity index (χ0v) is 15.5. The monoisotopic (exact) mass is 406 g/mol. The number of nitrogen functional groups attached to an aromatic ring is 1. The summed E-state index contributed by atoms with van der Waals surface area (Å²) in [5.41, 5.74) is 7.05. The molecular formula is C19H16Cl2N2O4. The van der Waals surface area contributed by atoms with Crippen molar-refractivity contribution in [3.63, 3.8) is 0 Å². The number of ether oxygens (including phenoxy) is 1. The van der Waals surface area contributed by atoms with E-state index in [0.29, 0.717) is 17.3 Å². The number of phenolic OH excluding ortho intramolecular Hbond substituents is 1. The van der Waals surface area contributed by atoms with E-state index in [-0.39, 0.29) is 16.5 Å². The van der Waals surface area contributed by atoms with Crippen LogP contribution in [0.15, 0.2) is 66.7 Å². The molecule has 0 aromatic heterocycles. The molecule has 0 aliphatic heterocycles. The van der Waals surface area contributed by atoms with Gasteiger partial charge in [-0.15, -0.1) is 0 Å². The van der Waals surface area contributed by atoms with Gasteiger partial charge in [0.15, 0.2) is 0 Å². The lowest BCUT2D eigenvalue weighted by Gasteiger charge is -2.07. The molecule has 0 radical (unpaired) electrons. The Hall–Kier alpha value is -2.96. The van der Waals surface area contributed by atoms with Crippen LogP contribution in [0.5, 0.6) is 11.5 Å². The van der Waals surface area contributed by atoms with Gasteiger partial charge in [-0.25, -0.2) is 0 Å². The maximum absolute atomic E-state index is 10.2. The van der Waals surface area contributed by atoms with Crippen LogP contribution in [-0.4, -0.2) is 10.0 Å². The Bertz CT molecular complexity index is 921. The third-order valence-corrected chi connectivity index (χ3v) is 4.01. The summed E-state index contributed by atoms with van der Waals surface area (Å²) in [5.74, 6) is 0.562. The Morgan fingerprint density at radius 2 is 1.67 bits per heavy atom. The van der Waals surface area contributed by atoms with Crippen molar-refractivity contribution in [2.45, 2.75) is 6.61 Å². The van der Waals surface area contributed by atoms with Crippen LogP contribution >= 0.6 is 23.2 Å². The van der Waals surface area contributed by atoms with Gasteiger partial charge in [-0.3, -0.25) is 10.1 Å². The molecule has 6 nitrogen and oxygen atoms in total. The molecule has 3 aromatic carbocycles. The van der Waals surface area contributed by atoms with Gasteiger partial charge in [0.25, 0.3) is 5.69 Å². The van der Waals surface area contributed by atoms with E-state index < -0.39 is 4.92 Å². The summed E-state index contributed by atoms with van der Waals surface area (Å²) in [7, 11) is 0. The molecule has 0 saturated carbocycles. The third kappa shape index (κ3) is 6.36. The van der Waals surface area contributed by atoms with E-state index in [4.69, 9.17) is 38.8 Å². The number of phenols is 1. The van der Waals surface area contributed by atoms with Crippen LogP contribution in [0, 0.1) is 10.1 Å². The highest BCUT2D eigenvalue weighted by atomic mass is 35.5. The second-order valence-corrected chi connectivity index (χ2v) is 6.16. The Morgan fingerprint density at radius 3 is 2.26 bits per heavy atom. The minimum Gasteiger partial charge on any atom is -0.508 e. The first-order valence-electron chi connectivity index (χ1n) is 7.71. The first kappa shape index (κ1) is 20.4. The molecule has 0 amide bonds. The normalized spacial score (nSPS) is 9.85. The number of nitro benzene ring substituents is 1. The third-order valence-electron chi connectivity index (χ3n) is 3.34. The molecule has 3 N–H and O–H groups in total. The van der Waals surface area contributed by atoms with Crippen molar-refractivity contribution in [3.05, 3.63) is 92.5 Å². The molecule has 0 heterocycles. The minimum absolute atomic E-state index is 0.0211. The Kier molecular flexibility index (Phi) is 7.28. The van der Waals surface area contributed by atoms with Gasteiger partial charge < -0.3 is 15.6 Å². The van der Waals surface area contributed by atoms with Gasteiger partial charge in [0.1, 0.15) is 23.1 Å². The van der Waals surface area contributed by atoms with Gasteiger partial charge in [-0.1, -0.05) is 53.5 Å². The average Bonchev–Trinajstić information content (AvgIpc) is 2.66. The van der Waals surface area contributed by atoms with Crippen LogP contribution in [0.2, 0.25) is 10.0 Å². The van der Waals surface area contributed by atoms with E-state index in [0.717, 1.165) is 17.4 Å². The molecule has 3 aromatic rings. The number of anilines is 1. The topological polar surface area (TPSA) is 98.6 Å². The van der Waals surface area contributed by atoms with Gasteiger partial charge in [0, 0.05) is 6.07 Å². The van der Waals surface area contributed by atoms with Crippen molar-refractivity contribution in [3.8, 4) is 11.5 Å². The Morgan fingerprint density at radius 1 is 1.00 bits per heavy atom. The van der Waals surface area contributed by atoms with E-state index in [9.17, 15) is 10.1 Å². The van der Waals surface area contributed by atoms with Crippen LogP contribution < -0.4 is 10.5 Å². The van der Waals surface area contributed by atoms with Gasteiger partial charge in [0.05, 0.1) is 21.7 Å². The zero-order chi connectivity index (χ0) is 19.8. The van der Waals surface area contributed by atoms with Crippen LogP contribution in [-0.2, 0) is 6.61 Å². The van der Waals surface area contributed by atoms with Gasteiger partial charge in [0.2, 0.25) is 0 Å². The standard InChI is InChI=1S/C13H12ClNO.C6H4ClNO3/c14-12-7-6-11(8-13(12)15)16-9-10-4-2-1-3-5-10;7-5-2-1-4(9)3-6(5)8(10)11/h1-8H,9,15H2;1-3,9H. The fraction of sp³-hybridized carbons (Fsp3) is 0.0526. The summed E-state index contributed by atoms with van der Waals surface area (Å²) in [4.78, 5) is 9.53. The highest BCUT2D eigenvalue weighted by molar-refractivity contribution is 6.33. The summed E-state index contributed by atoms with van der Waals surface area (Å²) in [6, 6.07) is 18.8. The highest BCUT2D eigenvalue weighted by Gasteiger charge is 2.11. The van der Waals surface area contributed by atoms with Crippen LogP contribution in [0.25, 0.3) is 0 Å². The molecule has 8 heteroatoms. The van der Waals surface area contributed by atoms with E-state index in [1.807, 2.05) is 36.4 Å². The van der Waals surface area contributed by atoms with Crippen molar-refractivity contribution in [2.75, 3.05) is 5.73 Å². The van der Waals surface area contributed by atoms with Crippen molar-refractivity contribution in [2.24, 2.45) is 0 Å². The van der Waals surface area contributed by atoms with Crippen molar-refractivity contribution < 1.29 is 14.8 Å². The Balaban J connectivity index is 0.000000208. The number of halogens is 2. The number of aromatic hydroxyl groups is 1. The first-order chi connectivity index (χ1) is 12.9. The first-order valence-corrected chi connectivity index (χ1v) is 8.47. The van der Waals surface area contributed by atoms with E-state index in [2.05, 4.69) is 0 Å². The molecule has 0 aliphatic rings. The maximum atomic E-state index is 10.2. The lowest BCUT2D eigenvalue weighted by molar-refractivity contribution is -0.384. The number of nitrogens with two attached hydrogens (primary N) is 1. The van der Waals surface area contributed by atoms with E-state index in [1.165, 1.54) is 12.1 Å². The zero-order valence-electron chi connectivity index (χ0n) is 14.0. The fourth-order valence-corrected chi connectivity index (χ4v) is 2.30. The summed E-state index contributed by atoms with van der Waals surface area (Å²) in [5, 5.41) is 19.6. The number of benzene rings is 3. The molecule has 0 aliphatic carbocycles. The molecule has 27 heavy (non-hydrogen) atoms. The maximum Gasteiger partial charge on any atom is 0.291 e. The van der Waals surface area contributed by atoms with Crippen LogP contribution in [0.3, 0.4) is 0 Å². The molecule has 0 saturated heterocycles. The van der Waals surface area contributed by atoms with Gasteiger partial charge in [-0.2, -0.15) is 0 Å². The smallest absolute Gasteiger partial charge is 0.291 e. The van der Waals surface area contributed by atoms with Crippen LogP contribution in [0.4, 0.5) is 11.4 Å². The van der Waals surface area contributed by atoms with Crippen molar-refractivity contribution in [1.29, 1.82) is 0 Å². The predicted molar refractivity (Wildman–Crippen MR) is 106 cm³/mol. The molecule has 140 valence electrons. The largest absolute Gasteiger partial charge is 0.508 e. The van der Waals surface area contributed by atoms with E-state index >= 15 is 0 Å². The fourth-order valence-electron chi connectivity index (χ4n) is 1.99. The van der Waals surface area contributed by atoms with Crippen molar-refractivity contribution >= 4 is 34.6 Å². The second kappa shape index (κ2) is 9.66. The van der Waals surface area contributed by atoms with Gasteiger partial charge >= 0.3 is 0 Å². The average molecular weight is 407 g/mol. The molecule has 0 bridgehead atoms. The van der Waals surface area contributed by atoms with Crippen LogP contribution in [0.1, 0.15) is 5.56 Å². The number of nitro groups is 1. The molecular weight excluding hydrogens is 391 g/mol. The lowest BCUT2D eigenvalue weighted by Crippen LogP contribution is -1.96. The predicted octanol–water partition coefficient (Wildman–Crippen LogP) is 5.46. The molecule has 3 rings (SSSR count). The Labute approximate surface area is 165 Å². The molecule has 0 unspecified atom stereocenters. The number of hydrogen-bond acceptors (Lipinski definition) is 5. The summed E-state index contributed by atoms with van der Waals surface area (Å²) in [6.07, 6.45) is 0. The quantitative estimate of drug-likeness (QED) is 0.340. The molecule has 0 spiro atoms. The SMILES string of the molecule is Nc1cc(OCc2ccccc2)ccc1Cl.O=[N+]([O-])c1cc(O)ccc1Cl. The number of hydrogen-bond donors (Lipinski definition) is 2. The minimum atomic E-state index is -0.651. The molecule has 0 atom stereocenters. The number of rotatable bonds is 4. The highest BCUT2D eigenvalue weighted by Crippen LogP contribution is 2.27. The second-order valence-electron chi connectivity index (χ2n) is 5.35. The van der Waals surface area contributed by atoms with E-state index in [1.54, 1.807) is 12.1 Å². The molecule has 0 fully saturated rings. The van der Waals surface area contributed by atoms with Crippen molar-refractivity contribution in [1.82, 2.24) is 0 Å². The number of nitrogens with zero attached hydrogens (tertiary/aromatic N) is 1.